The van der Waals surface area contributed by atoms with Crippen LogP contribution in [0.15, 0.2) is 54.6 Å². The van der Waals surface area contributed by atoms with Gasteiger partial charge in [0.1, 0.15) is 0 Å². The van der Waals surface area contributed by atoms with Crippen LogP contribution < -0.4 is 4.90 Å². The number of hydrogen-bond donors (Lipinski definition) is 0. The molecule has 2 rings (SSSR count). The summed E-state index contributed by atoms with van der Waals surface area (Å²) in [5, 5.41) is 0. The maximum absolute atomic E-state index is 12.1. The predicted octanol–water partition coefficient (Wildman–Crippen LogP) is 2.70. The molecule has 0 aromatic heterocycles. The van der Waals surface area contributed by atoms with Crippen molar-refractivity contribution in [2.45, 2.75) is 6.42 Å². The number of carbonyl (C=O) groups excluding carboxylic acids is 2. The lowest BCUT2D eigenvalue weighted by atomic mass is 10.0. The van der Waals surface area contributed by atoms with Crippen LogP contribution in [0.1, 0.15) is 15.9 Å². The van der Waals surface area contributed by atoms with E-state index in [4.69, 9.17) is 0 Å². The van der Waals surface area contributed by atoms with Gasteiger partial charge in [-0.3, -0.25) is 9.59 Å². The number of rotatable bonds is 5. The fourth-order valence-corrected chi connectivity index (χ4v) is 1.83. The molecule has 0 bridgehead atoms. The lowest BCUT2D eigenvalue weighted by molar-refractivity contribution is -0.107. The molecule has 0 aliphatic heterocycles. The molecule has 96 valence electrons. The van der Waals surface area contributed by atoms with Gasteiger partial charge in [0.25, 0.3) is 0 Å². The summed E-state index contributed by atoms with van der Waals surface area (Å²) >= 11 is 0. The van der Waals surface area contributed by atoms with E-state index in [-0.39, 0.29) is 5.78 Å². The van der Waals surface area contributed by atoms with Gasteiger partial charge in [-0.1, -0.05) is 30.3 Å². The summed E-state index contributed by atoms with van der Waals surface area (Å²) in [4.78, 5) is 24.2. The Kier molecular flexibility index (Phi) is 4.08. The van der Waals surface area contributed by atoms with E-state index in [1.807, 2.05) is 30.3 Å². The van der Waals surface area contributed by atoms with Crippen LogP contribution in [-0.2, 0) is 11.2 Å². The summed E-state index contributed by atoms with van der Waals surface area (Å²) < 4.78 is 0. The fraction of sp³-hybridized carbons (Fsp3) is 0.125. The standard InChI is InChI=1S/C16H15NO2/c1-17(12-18)15-9-7-14(8-10-15)16(19)11-13-5-3-2-4-6-13/h2-10,12H,11H2,1H3. The van der Waals surface area contributed by atoms with Gasteiger partial charge in [-0.15, -0.1) is 0 Å². The van der Waals surface area contributed by atoms with Gasteiger partial charge >= 0.3 is 0 Å². The van der Waals surface area contributed by atoms with Crippen molar-refractivity contribution in [1.82, 2.24) is 0 Å². The second-order valence-corrected chi connectivity index (χ2v) is 4.35. The van der Waals surface area contributed by atoms with Crippen molar-refractivity contribution in [2.75, 3.05) is 11.9 Å². The van der Waals surface area contributed by atoms with E-state index >= 15 is 0 Å². The van der Waals surface area contributed by atoms with Crippen molar-refractivity contribution in [3.8, 4) is 0 Å². The van der Waals surface area contributed by atoms with E-state index in [1.54, 1.807) is 31.3 Å². The summed E-state index contributed by atoms with van der Waals surface area (Å²) in [6, 6.07) is 16.7. The van der Waals surface area contributed by atoms with Gasteiger partial charge in [-0.2, -0.15) is 0 Å². The van der Waals surface area contributed by atoms with Gasteiger partial charge in [-0.25, -0.2) is 0 Å². The maximum Gasteiger partial charge on any atom is 0.213 e. The van der Waals surface area contributed by atoms with E-state index < -0.39 is 0 Å². The van der Waals surface area contributed by atoms with Crippen LogP contribution in [0.4, 0.5) is 5.69 Å². The van der Waals surface area contributed by atoms with E-state index in [2.05, 4.69) is 0 Å². The van der Waals surface area contributed by atoms with E-state index in [1.165, 1.54) is 4.90 Å². The molecule has 2 aromatic carbocycles. The monoisotopic (exact) mass is 253 g/mol. The molecule has 1 amide bonds. The van der Waals surface area contributed by atoms with Crippen LogP contribution in [0, 0.1) is 0 Å². The summed E-state index contributed by atoms with van der Waals surface area (Å²) in [5.74, 6) is 0.0755. The molecule has 0 aliphatic carbocycles. The molecular weight excluding hydrogens is 238 g/mol. The van der Waals surface area contributed by atoms with Crippen molar-refractivity contribution >= 4 is 17.9 Å². The number of anilines is 1. The molecule has 0 spiro atoms. The minimum atomic E-state index is 0.0755. The van der Waals surface area contributed by atoms with Crippen LogP contribution in [0.3, 0.4) is 0 Å². The third kappa shape index (κ3) is 3.28. The van der Waals surface area contributed by atoms with E-state index in [0.29, 0.717) is 12.0 Å². The van der Waals surface area contributed by atoms with E-state index in [0.717, 1.165) is 17.7 Å². The maximum atomic E-state index is 12.1. The molecule has 2 aromatic rings. The predicted molar refractivity (Wildman–Crippen MR) is 75.4 cm³/mol. The number of carbonyl (C=O) groups is 2. The first kappa shape index (κ1) is 13.0. The highest BCUT2D eigenvalue weighted by Gasteiger charge is 2.07. The molecule has 0 heterocycles. The van der Waals surface area contributed by atoms with Crippen LogP contribution in [-0.4, -0.2) is 19.2 Å². The summed E-state index contributed by atoms with van der Waals surface area (Å²) in [5.41, 5.74) is 2.43. The number of hydrogen-bond acceptors (Lipinski definition) is 2. The molecule has 0 aliphatic rings. The molecule has 19 heavy (non-hydrogen) atoms. The number of nitrogens with zero attached hydrogens (tertiary/aromatic N) is 1. The Hall–Kier alpha value is -2.42. The number of benzene rings is 2. The smallest absolute Gasteiger partial charge is 0.213 e. The zero-order valence-corrected chi connectivity index (χ0v) is 10.7. The Morgan fingerprint density at radius 2 is 1.68 bits per heavy atom. The lowest BCUT2D eigenvalue weighted by Crippen LogP contribution is -2.13. The first-order chi connectivity index (χ1) is 9.20. The minimum absolute atomic E-state index is 0.0755. The SMILES string of the molecule is CN(C=O)c1ccc(C(=O)Cc2ccccc2)cc1. The topological polar surface area (TPSA) is 37.4 Å². The summed E-state index contributed by atoms with van der Waals surface area (Å²) in [7, 11) is 1.67. The van der Waals surface area contributed by atoms with Gasteiger partial charge in [0.05, 0.1) is 0 Å². The number of Topliss-reactive ketones (excluding diaryl/α,β-unsaturated/α-hetero) is 1. The summed E-state index contributed by atoms with van der Waals surface area (Å²) in [6.45, 7) is 0. The Labute approximate surface area is 112 Å². The normalized spacial score (nSPS) is 9.95. The lowest BCUT2D eigenvalue weighted by Gasteiger charge is -2.10. The van der Waals surface area contributed by atoms with Crippen LogP contribution >= 0.6 is 0 Å². The highest BCUT2D eigenvalue weighted by molar-refractivity contribution is 5.98. The molecule has 0 N–H and O–H groups in total. The molecule has 0 fully saturated rings. The Morgan fingerprint density at radius 3 is 2.26 bits per heavy atom. The van der Waals surface area contributed by atoms with Gasteiger partial charge < -0.3 is 4.90 Å². The zero-order valence-electron chi connectivity index (χ0n) is 10.7. The minimum Gasteiger partial charge on any atom is -0.318 e. The van der Waals surface area contributed by atoms with Gasteiger partial charge in [0, 0.05) is 24.7 Å². The van der Waals surface area contributed by atoms with Crippen molar-refractivity contribution < 1.29 is 9.59 Å². The Morgan fingerprint density at radius 1 is 1.05 bits per heavy atom. The highest BCUT2D eigenvalue weighted by atomic mass is 16.1. The average Bonchev–Trinajstić information content (AvgIpc) is 2.47. The molecular formula is C16H15NO2. The quantitative estimate of drug-likeness (QED) is 0.607. The van der Waals surface area contributed by atoms with E-state index in [9.17, 15) is 9.59 Å². The van der Waals surface area contributed by atoms with Crippen LogP contribution in [0.25, 0.3) is 0 Å². The fourth-order valence-electron chi connectivity index (χ4n) is 1.83. The first-order valence-electron chi connectivity index (χ1n) is 6.06. The van der Waals surface area contributed by atoms with Crippen LogP contribution in [0.2, 0.25) is 0 Å². The Bertz CT molecular complexity index is 561. The van der Waals surface area contributed by atoms with Gasteiger partial charge in [0.2, 0.25) is 6.41 Å². The molecule has 0 saturated carbocycles. The second kappa shape index (κ2) is 5.96. The third-order valence-electron chi connectivity index (χ3n) is 2.96. The van der Waals surface area contributed by atoms with Crippen molar-refractivity contribution in [1.29, 1.82) is 0 Å². The largest absolute Gasteiger partial charge is 0.318 e. The highest BCUT2D eigenvalue weighted by Crippen LogP contribution is 2.14. The summed E-state index contributed by atoms with van der Waals surface area (Å²) in [6.07, 6.45) is 1.13. The third-order valence-corrected chi connectivity index (χ3v) is 2.96. The first-order valence-corrected chi connectivity index (χ1v) is 6.06. The molecule has 0 atom stereocenters. The Balaban J connectivity index is 2.10. The molecule has 3 nitrogen and oxygen atoms in total. The number of ketones is 1. The molecule has 3 heteroatoms. The van der Waals surface area contributed by atoms with Crippen LogP contribution in [0.5, 0.6) is 0 Å². The second-order valence-electron chi connectivity index (χ2n) is 4.35. The van der Waals surface area contributed by atoms with Crippen molar-refractivity contribution in [3.63, 3.8) is 0 Å². The van der Waals surface area contributed by atoms with Crippen molar-refractivity contribution in [2.24, 2.45) is 0 Å². The van der Waals surface area contributed by atoms with Crippen molar-refractivity contribution in [3.05, 3.63) is 65.7 Å². The number of amides is 1. The molecule has 0 radical (unpaired) electrons. The van der Waals surface area contributed by atoms with Gasteiger partial charge in [0.15, 0.2) is 5.78 Å². The zero-order chi connectivity index (χ0) is 13.7. The van der Waals surface area contributed by atoms with Gasteiger partial charge in [-0.05, 0) is 29.8 Å². The molecule has 0 saturated heterocycles. The molecule has 0 unspecified atom stereocenters. The average molecular weight is 253 g/mol.